The lowest BCUT2D eigenvalue weighted by molar-refractivity contribution is 0.111. The first-order valence-corrected chi connectivity index (χ1v) is 3.81. The molecule has 11 heavy (non-hydrogen) atoms. The van der Waals surface area contributed by atoms with E-state index >= 15 is 0 Å². The summed E-state index contributed by atoms with van der Waals surface area (Å²) in [5.74, 6) is 0.457. The SMILES string of the molecule is COC(=O)N(C)C(C)C(C)C. The molecule has 3 nitrogen and oxygen atoms in total. The second kappa shape index (κ2) is 4.21. The van der Waals surface area contributed by atoms with Crippen molar-refractivity contribution in [2.75, 3.05) is 14.2 Å². The zero-order valence-corrected chi connectivity index (χ0v) is 7.92. The fourth-order valence-corrected chi connectivity index (χ4v) is 0.757. The van der Waals surface area contributed by atoms with Gasteiger partial charge in [-0.3, -0.25) is 0 Å². The van der Waals surface area contributed by atoms with Crippen molar-refractivity contribution >= 4 is 6.09 Å². The number of hydrogen-bond acceptors (Lipinski definition) is 2. The van der Waals surface area contributed by atoms with Crippen LogP contribution in [-0.2, 0) is 4.74 Å². The minimum Gasteiger partial charge on any atom is -0.453 e. The van der Waals surface area contributed by atoms with Crippen molar-refractivity contribution in [3.63, 3.8) is 0 Å². The highest BCUT2D eigenvalue weighted by molar-refractivity contribution is 5.67. The number of methoxy groups -OCH3 is 1. The summed E-state index contributed by atoms with van der Waals surface area (Å²) in [6.07, 6.45) is -0.272. The van der Waals surface area contributed by atoms with Crippen molar-refractivity contribution in [2.45, 2.75) is 26.8 Å². The van der Waals surface area contributed by atoms with Gasteiger partial charge >= 0.3 is 6.09 Å². The third-order valence-electron chi connectivity index (χ3n) is 2.04. The first kappa shape index (κ1) is 10.3. The Morgan fingerprint density at radius 3 is 2.09 bits per heavy atom. The van der Waals surface area contributed by atoms with E-state index in [2.05, 4.69) is 18.6 Å². The van der Waals surface area contributed by atoms with Crippen LogP contribution in [0.4, 0.5) is 4.79 Å². The molecule has 0 bridgehead atoms. The molecule has 0 aromatic heterocycles. The van der Waals surface area contributed by atoms with Gasteiger partial charge < -0.3 is 9.64 Å². The van der Waals surface area contributed by atoms with Crippen LogP contribution in [0.15, 0.2) is 0 Å². The maximum absolute atomic E-state index is 11.0. The van der Waals surface area contributed by atoms with E-state index in [1.54, 1.807) is 11.9 Å². The molecule has 0 aliphatic heterocycles. The zero-order valence-electron chi connectivity index (χ0n) is 7.92. The Bertz CT molecular complexity index is 134. The van der Waals surface area contributed by atoms with Crippen molar-refractivity contribution in [1.82, 2.24) is 4.90 Å². The molecular formula is C8H17NO2. The van der Waals surface area contributed by atoms with Gasteiger partial charge in [-0.2, -0.15) is 0 Å². The first-order valence-electron chi connectivity index (χ1n) is 3.81. The fraction of sp³-hybridized carbons (Fsp3) is 0.875. The Labute approximate surface area is 68.3 Å². The summed E-state index contributed by atoms with van der Waals surface area (Å²) >= 11 is 0. The van der Waals surface area contributed by atoms with Crippen molar-refractivity contribution in [3.8, 4) is 0 Å². The van der Waals surface area contributed by atoms with E-state index < -0.39 is 0 Å². The Hall–Kier alpha value is -0.730. The Morgan fingerprint density at radius 1 is 1.36 bits per heavy atom. The maximum Gasteiger partial charge on any atom is 0.409 e. The monoisotopic (exact) mass is 159 g/mol. The van der Waals surface area contributed by atoms with Crippen LogP contribution in [0.25, 0.3) is 0 Å². The Kier molecular flexibility index (Phi) is 3.93. The summed E-state index contributed by atoms with van der Waals surface area (Å²) in [4.78, 5) is 12.6. The lowest BCUT2D eigenvalue weighted by Gasteiger charge is -2.26. The molecule has 0 spiro atoms. The van der Waals surface area contributed by atoms with Crippen LogP contribution < -0.4 is 0 Å². The molecule has 0 N–H and O–H groups in total. The van der Waals surface area contributed by atoms with Crippen LogP contribution in [0.1, 0.15) is 20.8 Å². The highest BCUT2D eigenvalue weighted by Gasteiger charge is 2.18. The highest BCUT2D eigenvalue weighted by Crippen LogP contribution is 2.08. The number of nitrogens with zero attached hydrogens (tertiary/aromatic N) is 1. The third kappa shape index (κ3) is 2.78. The predicted molar refractivity (Wildman–Crippen MR) is 44.5 cm³/mol. The Morgan fingerprint density at radius 2 is 1.82 bits per heavy atom. The van der Waals surface area contributed by atoms with Crippen molar-refractivity contribution in [2.24, 2.45) is 5.92 Å². The molecule has 3 heteroatoms. The standard InChI is InChI=1S/C8H17NO2/c1-6(2)7(3)9(4)8(10)11-5/h6-7H,1-5H3. The molecule has 0 aliphatic carbocycles. The number of rotatable bonds is 2. The molecular weight excluding hydrogens is 142 g/mol. The number of carbonyl (C=O) groups is 1. The second-order valence-corrected chi connectivity index (χ2v) is 3.07. The normalized spacial score (nSPS) is 12.9. The first-order chi connectivity index (χ1) is 5.00. The summed E-state index contributed by atoms with van der Waals surface area (Å²) in [5, 5.41) is 0. The number of ether oxygens (including phenoxy) is 1. The van der Waals surface area contributed by atoms with Gasteiger partial charge in [-0.25, -0.2) is 4.79 Å². The molecule has 0 saturated carbocycles. The minimum atomic E-state index is -0.272. The van der Waals surface area contributed by atoms with Crippen LogP contribution in [-0.4, -0.2) is 31.2 Å². The molecule has 1 atom stereocenters. The molecule has 0 aromatic rings. The van der Waals surface area contributed by atoms with Gasteiger partial charge in [0, 0.05) is 13.1 Å². The average Bonchev–Trinajstić information content (AvgIpc) is 2.00. The van der Waals surface area contributed by atoms with Crippen LogP contribution in [0, 0.1) is 5.92 Å². The summed E-state index contributed by atoms with van der Waals surface area (Å²) in [6, 6.07) is 0.224. The molecule has 66 valence electrons. The summed E-state index contributed by atoms with van der Waals surface area (Å²) in [7, 11) is 3.14. The largest absolute Gasteiger partial charge is 0.453 e. The lowest BCUT2D eigenvalue weighted by Crippen LogP contribution is -2.38. The molecule has 1 amide bonds. The molecule has 0 saturated heterocycles. The number of carbonyl (C=O) groups excluding carboxylic acids is 1. The second-order valence-electron chi connectivity index (χ2n) is 3.07. The van der Waals surface area contributed by atoms with Crippen molar-refractivity contribution in [1.29, 1.82) is 0 Å². The summed E-state index contributed by atoms with van der Waals surface area (Å²) < 4.78 is 4.57. The van der Waals surface area contributed by atoms with Gasteiger partial charge in [0.05, 0.1) is 7.11 Å². The van der Waals surface area contributed by atoms with Gasteiger partial charge in [-0.1, -0.05) is 13.8 Å². The van der Waals surface area contributed by atoms with Crippen LogP contribution in [0.5, 0.6) is 0 Å². The van der Waals surface area contributed by atoms with Gasteiger partial charge in [0.2, 0.25) is 0 Å². The topological polar surface area (TPSA) is 29.5 Å². The van der Waals surface area contributed by atoms with E-state index in [9.17, 15) is 4.79 Å². The minimum absolute atomic E-state index is 0.224. The summed E-state index contributed by atoms with van der Waals surface area (Å²) in [5.41, 5.74) is 0. The van der Waals surface area contributed by atoms with E-state index in [0.29, 0.717) is 5.92 Å². The van der Waals surface area contributed by atoms with Gasteiger partial charge in [0.25, 0.3) is 0 Å². The maximum atomic E-state index is 11.0. The molecule has 0 rings (SSSR count). The predicted octanol–water partition coefficient (Wildman–Crippen LogP) is 1.73. The molecule has 0 fully saturated rings. The quantitative estimate of drug-likeness (QED) is 0.614. The highest BCUT2D eigenvalue weighted by atomic mass is 16.5. The fourth-order valence-electron chi connectivity index (χ4n) is 0.757. The number of amides is 1. The molecule has 0 aromatic carbocycles. The zero-order chi connectivity index (χ0) is 9.02. The van der Waals surface area contributed by atoms with Gasteiger partial charge in [-0.05, 0) is 12.8 Å². The van der Waals surface area contributed by atoms with Crippen LogP contribution in [0.3, 0.4) is 0 Å². The molecule has 1 unspecified atom stereocenters. The van der Waals surface area contributed by atoms with Gasteiger partial charge in [0.15, 0.2) is 0 Å². The van der Waals surface area contributed by atoms with E-state index in [-0.39, 0.29) is 12.1 Å². The smallest absolute Gasteiger partial charge is 0.409 e. The number of hydrogen-bond donors (Lipinski definition) is 0. The van der Waals surface area contributed by atoms with E-state index in [0.717, 1.165) is 0 Å². The van der Waals surface area contributed by atoms with Crippen molar-refractivity contribution in [3.05, 3.63) is 0 Å². The van der Waals surface area contributed by atoms with E-state index in [4.69, 9.17) is 0 Å². The molecule has 0 aliphatic rings. The van der Waals surface area contributed by atoms with Gasteiger partial charge in [0.1, 0.15) is 0 Å². The lowest BCUT2D eigenvalue weighted by atomic mass is 10.1. The van der Waals surface area contributed by atoms with Crippen LogP contribution >= 0.6 is 0 Å². The van der Waals surface area contributed by atoms with E-state index in [1.807, 2.05) is 6.92 Å². The summed E-state index contributed by atoms with van der Waals surface area (Å²) in [6.45, 7) is 6.15. The van der Waals surface area contributed by atoms with E-state index in [1.165, 1.54) is 7.11 Å². The third-order valence-corrected chi connectivity index (χ3v) is 2.04. The van der Waals surface area contributed by atoms with Crippen molar-refractivity contribution < 1.29 is 9.53 Å². The average molecular weight is 159 g/mol. The van der Waals surface area contributed by atoms with Gasteiger partial charge in [-0.15, -0.1) is 0 Å². The van der Waals surface area contributed by atoms with Crippen LogP contribution in [0.2, 0.25) is 0 Å². The Balaban J connectivity index is 4.01. The molecule has 0 radical (unpaired) electrons. The molecule has 0 heterocycles.